The van der Waals surface area contributed by atoms with Gasteiger partial charge < -0.3 is 0 Å². The molecule has 0 bridgehead atoms. The van der Waals surface area contributed by atoms with E-state index in [2.05, 4.69) is 73.7 Å². The van der Waals surface area contributed by atoms with Crippen LogP contribution in [0, 0.1) is 12.8 Å². The topological polar surface area (TPSA) is 0 Å². The normalized spacial score (nSPS) is 24.0. The van der Waals surface area contributed by atoms with Gasteiger partial charge in [0.05, 0.1) is 0 Å². The Morgan fingerprint density at radius 1 is 0.964 bits per heavy atom. The molecule has 1 aromatic carbocycles. The van der Waals surface area contributed by atoms with Crippen molar-refractivity contribution in [2.75, 3.05) is 0 Å². The van der Waals surface area contributed by atoms with Crippen LogP contribution in [0.1, 0.15) is 61.1 Å². The maximum Gasteiger partial charge on any atom is 0.0281 e. The van der Waals surface area contributed by atoms with Gasteiger partial charge in [-0.3, -0.25) is 0 Å². The van der Waals surface area contributed by atoms with Crippen molar-refractivity contribution in [3.05, 3.63) is 106 Å². The van der Waals surface area contributed by atoms with E-state index in [0.717, 1.165) is 18.8 Å². The summed E-state index contributed by atoms with van der Waals surface area (Å²) in [5.41, 5.74) is 10.4. The first kappa shape index (κ1) is 17.7. The van der Waals surface area contributed by atoms with Crippen molar-refractivity contribution < 1.29 is 0 Å². The highest BCUT2D eigenvalue weighted by Gasteiger charge is 2.27. The minimum atomic E-state index is 0.441. The molecule has 28 heavy (non-hydrogen) atoms. The predicted octanol–water partition coefficient (Wildman–Crippen LogP) is 7.45. The minimum absolute atomic E-state index is 0.441. The van der Waals surface area contributed by atoms with E-state index in [-0.39, 0.29) is 0 Å². The molecule has 1 aromatic rings. The summed E-state index contributed by atoms with van der Waals surface area (Å²) in [5, 5.41) is 0. The van der Waals surface area contributed by atoms with Gasteiger partial charge in [-0.15, -0.1) is 0 Å². The molecule has 0 aromatic heterocycles. The average molecular weight is 367 g/mol. The van der Waals surface area contributed by atoms with Gasteiger partial charge in [-0.1, -0.05) is 86.1 Å². The lowest BCUT2D eigenvalue weighted by molar-refractivity contribution is 0.442. The van der Waals surface area contributed by atoms with E-state index < -0.39 is 0 Å². The van der Waals surface area contributed by atoms with Crippen LogP contribution in [0.5, 0.6) is 0 Å². The second-order valence-electron chi connectivity index (χ2n) is 8.80. The van der Waals surface area contributed by atoms with Gasteiger partial charge in [0.15, 0.2) is 0 Å². The first-order chi connectivity index (χ1) is 13.8. The van der Waals surface area contributed by atoms with E-state index in [1.54, 1.807) is 5.56 Å². The quantitative estimate of drug-likeness (QED) is 0.519. The number of fused-ring (bicyclic) bond motifs is 1. The fraction of sp³-hybridized carbons (Fsp3) is 0.357. The summed E-state index contributed by atoms with van der Waals surface area (Å²) in [6.07, 6.45) is 27.6. The Kier molecular flexibility index (Phi) is 4.81. The summed E-state index contributed by atoms with van der Waals surface area (Å²) >= 11 is 0. The highest BCUT2D eigenvalue weighted by Crippen LogP contribution is 2.41. The Labute approximate surface area is 169 Å². The molecule has 0 amide bonds. The molecule has 5 rings (SSSR count). The summed E-state index contributed by atoms with van der Waals surface area (Å²) in [7, 11) is 0. The maximum atomic E-state index is 2.45. The van der Waals surface area contributed by atoms with Gasteiger partial charge in [0.1, 0.15) is 0 Å². The van der Waals surface area contributed by atoms with E-state index in [1.807, 2.05) is 0 Å². The minimum Gasteiger partial charge on any atom is -0.0801 e. The summed E-state index contributed by atoms with van der Waals surface area (Å²) < 4.78 is 0. The molecule has 0 radical (unpaired) electrons. The number of hydrogen-bond acceptors (Lipinski definition) is 0. The van der Waals surface area contributed by atoms with Crippen molar-refractivity contribution in [3.8, 4) is 0 Å². The summed E-state index contributed by atoms with van der Waals surface area (Å²) in [4.78, 5) is 0. The highest BCUT2D eigenvalue weighted by atomic mass is 14.3. The van der Waals surface area contributed by atoms with E-state index in [4.69, 9.17) is 0 Å². The largest absolute Gasteiger partial charge is 0.0801 e. The average Bonchev–Trinajstić information content (AvgIpc) is 3.42. The Bertz CT molecular complexity index is 952. The van der Waals surface area contributed by atoms with Crippen molar-refractivity contribution in [3.63, 3.8) is 0 Å². The maximum absolute atomic E-state index is 2.45. The second kappa shape index (κ2) is 7.59. The Balaban J connectivity index is 1.38. The van der Waals surface area contributed by atoms with Crippen molar-refractivity contribution in [2.45, 2.75) is 57.8 Å². The summed E-state index contributed by atoms with van der Waals surface area (Å²) in [6.45, 7) is 2.32. The molecular weight excluding hydrogens is 336 g/mol. The first-order valence-corrected chi connectivity index (χ1v) is 11.1. The second-order valence-corrected chi connectivity index (χ2v) is 8.80. The van der Waals surface area contributed by atoms with Gasteiger partial charge in [-0.2, -0.15) is 0 Å². The van der Waals surface area contributed by atoms with Crippen LogP contribution in [0.25, 0.3) is 0 Å². The number of benzene rings is 1. The zero-order chi connectivity index (χ0) is 18.9. The number of aryl methyl sites for hydroxylation is 1. The lowest BCUT2D eigenvalue weighted by atomic mass is 9.78. The third kappa shape index (κ3) is 3.30. The van der Waals surface area contributed by atoms with Gasteiger partial charge in [-0.25, -0.2) is 0 Å². The summed E-state index contributed by atoms with van der Waals surface area (Å²) in [5.74, 6) is 1.23. The molecule has 0 nitrogen and oxygen atoms in total. The highest BCUT2D eigenvalue weighted by molar-refractivity contribution is 5.61. The molecular formula is C28H30. The standard InChI is InChI=1S/C28H30/c1-20-18-21(14-16-25(20)22-8-3-2-4-9-22)19-24-15-17-27(23-10-5-6-11-23)28-13-7-12-26(24)28/h5,7,10-18,22,28H,2-4,6,8-9,19H2,1H3. The molecule has 1 saturated carbocycles. The molecule has 1 atom stereocenters. The molecule has 0 aliphatic heterocycles. The van der Waals surface area contributed by atoms with Crippen LogP contribution < -0.4 is 0 Å². The summed E-state index contributed by atoms with van der Waals surface area (Å²) in [6, 6.07) is 7.26. The number of hydrogen-bond donors (Lipinski definition) is 0. The molecule has 142 valence electrons. The van der Waals surface area contributed by atoms with Gasteiger partial charge in [-0.05, 0) is 77.5 Å². The van der Waals surface area contributed by atoms with Gasteiger partial charge >= 0.3 is 0 Å². The van der Waals surface area contributed by atoms with Crippen LogP contribution in [0.15, 0.2) is 89.1 Å². The SMILES string of the molecule is Cc1cc(CC2=CC=C(C3=CCC=C3)C3C=CC=C23)ccc1C1CCCCC1. The third-order valence-corrected chi connectivity index (χ3v) is 6.96. The van der Waals surface area contributed by atoms with Crippen LogP contribution >= 0.6 is 0 Å². The van der Waals surface area contributed by atoms with Crippen molar-refractivity contribution in [1.82, 2.24) is 0 Å². The zero-order valence-corrected chi connectivity index (χ0v) is 17.0. The lowest BCUT2D eigenvalue weighted by Crippen LogP contribution is -2.11. The molecule has 0 spiro atoms. The van der Waals surface area contributed by atoms with Crippen LogP contribution in [0.3, 0.4) is 0 Å². The molecule has 0 saturated heterocycles. The van der Waals surface area contributed by atoms with Crippen LogP contribution in [-0.4, -0.2) is 0 Å². The van der Waals surface area contributed by atoms with Gasteiger partial charge in [0.25, 0.3) is 0 Å². The van der Waals surface area contributed by atoms with E-state index in [0.29, 0.717) is 5.92 Å². The smallest absolute Gasteiger partial charge is 0.0281 e. The molecule has 0 heteroatoms. The fourth-order valence-electron chi connectivity index (χ4n) is 5.49. The number of rotatable bonds is 4. The predicted molar refractivity (Wildman–Crippen MR) is 119 cm³/mol. The molecule has 0 heterocycles. The molecule has 4 aliphatic carbocycles. The van der Waals surface area contributed by atoms with Crippen molar-refractivity contribution in [1.29, 1.82) is 0 Å². The fourth-order valence-corrected chi connectivity index (χ4v) is 5.49. The lowest BCUT2D eigenvalue weighted by Gasteiger charge is -2.26. The van der Waals surface area contributed by atoms with Crippen molar-refractivity contribution >= 4 is 0 Å². The molecule has 1 fully saturated rings. The molecule has 1 unspecified atom stereocenters. The first-order valence-electron chi connectivity index (χ1n) is 11.1. The third-order valence-electron chi connectivity index (χ3n) is 6.96. The van der Waals surface area contributed by atoms with E-state index >= 15 is 0 Å². The zero-order valence-electron chi connectivity index (χ0n) is 17.0. The Morgan fingerprint density at radius 3 is 2.64 bits per heavy atom. The van der Waals surface area contributed by atoms with Crippen molar-refractivity contribution in [2.24, 2.45) is 5.92 Å². The van der Waals surface area contributed by atoms with E-state index in [9.17, 15) is 0 Å². The Morgan fingerprint density at radius 2 is 1.86 bits per heavy atom. The molecule has 0 N–H and O–H groups in total. The van der Waals surface area contributed by atoms with Crippen LogP contribution in [0.4, 0.5) is 0 Å². The van der Waals surface area contributed by atoms with Crippen LogP contribution in [0.2, 0.25) is 0 Å². The van der Waals surface area contributed by atoms with E-state index in [1.165, 1.54) is 65.5 Å². The molecule has 4 aliphatic rings. The van der Waals surface area contributed by atoms with Gasteiger partial charge in [0, 0.05) is 5.92 Å². The van der Waals surface area contributed by atoms with Gasteiger partial charge in [0.2, 0.25) is 0 Å². The van der Waals surface area contributed by atoms with Crippen LogP contribution in [-0.2, 0) is 6.42 Å². The number of allylic oxidation sites excluding steroid dienone is 12. The monoisotopic (exact) mass is 366 g/mol. The Hall–Kier alpha value is -2.34.